The molecule has 5 nitrogen and oxygen atoms in total. The van der Waals surface area contributed by atoms with Crippen LogP contribution in [0.5, 0.6) is 0 Å². The highest BCUT2D eigenvalue weighted by molar-refractivity contribution is 5.98. The Bertz CT molecular complexity index is 520. The normalized spacial score (nSPS) is 16.2. The van der Waals surface area contributed by atoms with Crippen LogP contribution in [0.4, 0.5) is 5.69 Å². The van der Waals surface area contributed by atoms with E-state index in [0.717, 1.165) is 18.7 Å². The number of nitrogens with two attached hydrogens (primary N) is 1. The number of benzene rings is 1. The second-order valence-electron chi connectivity index (χ2n) is 5.28. The minimum atomic E-state index is 0.0768. The molecule has 5 heteroatoms. The summed E-state index contributed by atoms with van der Waals surface area (Å²) in [6, 6.07) is 5.43. The monoisotopic (exact) mass is 275 g/mol. The van der Waals surface area contributed by atoms with Gasteiger partial charge in [0.05, 0.1) is 6.54 Å². The van der Waals surface area contributed by atoms with Gasteiger partial charge in [0, 0.05) is 44.4 Å². The van der Waals surface area contributed by atoms with E-state index in [9.17, 15) is 9.59 Å². The van der Waals surface area contributed by atoms with Crippen molar-refractivity contribution in [1.82, 2.24) is 9.80 Å². The van der Waals surface area contributed by atoms with Gasteiger partial charge < -0.3 is 10.6 Å². The number of carbonyl (C=O) groups is 2. The summed E-state index contributed by atoms with van der Waals surface area (Å²) in [5.74, 6) is 0.176. The first-order valence-corrected chi connectivity index (χ1v) is 6.84. The summed E-state index contributed by atoms with van der Waals surface area (Å²) in [6.07, 6.45) is 0. The second-order valence-corrected chi connectivity index (χ2v) is 5.28. The van der Waals surface area contributed by atoms with E-state index < -0.39 is 0 Å². The minimum absolute atomic E-state index is 0.0768. The zero-order chi connectivity index (χ0) is 14.7. The van der Waals surface area contributed by atoms with Gasteiger partial charge in [-0.1, -0.05) is 12.1 Å². The van der Waals surface area contributed by atoms with E-state index in [4.69, 9.17) is 5.73 Å². The molecule has 2 N–H and O–H groups in total. The van der Waals surface area contributed by atoms with Crippen molar-refractivity contribution in [3.63, 3.8) is 0 Å². The molecule has 1 fully saturated rings. The van der Waals surface area contributed by atoms with Gasteiger partial charge in [0.15, 0.2) is 5.78 Å². The summed E-state index contributed by atoms with van der Waals surface area (Å²) in [7, 11) is 0. The fourth-order valence-electron chi connectivity index (χ4n) is 2.33. The van der Waals surface area contributed by atoms with Gasteiger partial charge in [0.2, 0.25) is 5.91 Å². The number of piperazine rings is 1. The fourth-order valence-corrected chi connectivity index (χ4v) is 2.33. The molecule has 0 spiro atoms. The van der Waals surface area contributed by atoms with Crippen LogP contribution in [0.2, 0.25) is 0 Å². The highest BCUT2D eigenvalue weighted by atomic mass is 16.2. The number of rotatable bonds is 3. The van der Waals surface area contributed by atoms with Crippen molar-refractivity contribution in [3.8, 4) is 0 Å². The maximum Gasteiger partial charge on any atom is 0.219 e. The smallest absolute Gasteiger partial charge is 0.219 e. The Kier molecular flexibility index (Phi) is 4.39. The Labute approximate surface area is 119 Å². The van der Waals surface area contributed by atoms with Gasteiger partial charge in [-0.25, -0.2) is 0 Å². The lowest BCUT2D eigenvalue weighted by Crippen LogP contribution is -2.49. The topological polar surface area (TPSA) is 66.6 Å². The molecule has 0 aliphatic carbocycles. The number of aryl methyl sites for hydroxylation is 1. The molecular weight excluding hydrogens is 254 g/mol. The molecule has 0 saturated carbocycles. The van der Waals surface area contributed by atoms with Crippen LogP contribution in [-0.4, -0.2) is 54.2 Å². The second kappa shape index (κ2) is 6.05. The van der Waals surface area contributed by atoms with E-state index >= 15 is 0 Å². The lowest BCUT2D eigenvalue weighted by Gasteiger charge is -2.33. The molecule has 0 aromatic heterocycles. The zero-order valence-corrected chi connectivity index (χ0v) is 12.1. The van der Waals surface area contributed by atoms with Crippen molar-refractivity contribution in [1.29, 1.82) is 0 Å². The Morgan fingerprint density at radius 2 is 1.85 bits per heavy atom. The number of ketones is 1. The van der Waals surface area contributed by atoms with E-state index in [1.807, 2.05) is 24.0 Å². The SMILES string of the molecule is CC(=O)N1CCN(CC(=O)c2ccc(C)c(N)c2)CC1. The van der Waals surface area contributed by atoms with Crippen LogP contribution in [0.3, 0.4) is 0 Å². The van der Waals surface area contributed by atoms with E-state index in [1.54, 1.807) is 13.0 Å². The van der Waals surface area contributed by atoms with Gasteiger partial charge in [-0.2, -0.15) is 0 Å². The third-order valence-corrected chi connectivity index (χ3v) is 3.79. The molecule has 1 aromatic carbocycles. The number of hydrogen-bond donors (Lipinski definition) is 1. The van der Waals surface area contributed by atoms with Crippen molar-refractivity contribution >= 4 is 17.4 Å². The fraction of sp³-hybridized carbons (Fsp3) is 0.467. The van der Waals surface area contributed by atoms with Crippen LogP contribution in [0.1, 0.15) is 22.8 Å². The highest BCUT2D eigenvalue weighted by Gasteiger charge is 2.20. The first kappa shape index (κ1) is 14.5. The molecular formula is C15H21N3O2. The Hall–Kier alpha value is -1.88. The van der Waals surface area contributed by atoms with Crippen molar-refractivity contribution in [2.24, 2.45) is 0 Å². The summed E-state index contributed by atoms with van der Waals surface area (Å²) in [5.41, 5.74) is 8.12. The number of amides is 1. The van der Waals surface area contributed by atoms with E-state index in [1.165, 1.54) is 0 Å². The molecule has 0 bridgehead atoms. The Morgan fingerprint density at radius 3 is 2.40 bits per heavy atom. The predicted molar refractivity (Wildman–Crippen MR) is 78.6 cm³/mol. The van der Waals surface area contributed by atoms with Crippen LogP contribution in [0.15, 0.2) is 18.2 Å². The highest BCUT2D eigenvalue weighted by Crippen LogP contribution is 2.14. The molecule has 1 heterocycles. The lowest BCUT2D eigenvalue weighted by molar-refractivity contribution is -0.130. The van der Waals surface area contributed by atoms with Crippen molar-refractivity contribution in [2.75, 3.05) is 38.5 Å². The van der Waals surface area contributed by atoms with E-state index in [0.29, 0.717) is 30.9 Å². The number of anilines is 1. The molecule has 1 aliphatic heterocycles. The third-order valence-electron chi connectivity index (χ3n) is 3.79. The van der Waals surface area contributed by atoms with E-state index in [-0.39, 0.29) is 11.7 Å². The first-order chi connectivity index (χ1) is 9.47. The average Bonchev–Trinajstić information content (AvgIpc) is 2.42. The van der Waals surface area contributed by atoms with Crippen molar-refractivity contribution in [2.45, 2.75) is 13.8 Å². The molecule has 1 saturated heterocycles. The molecule has 0 unspecified atom stereocenters. The lowest BCUT2D eigenvalue weighted by atomic mass is 10.1. The minimum Gasteiger partial charge on any atom is -0.398 e. The summed E-state index contributed by atoms with van der Waals surface area (Å²) < 4.78 is 0. The first-order valence-electron chi connectivity index (χ1n) is 6.84. The number of nitrogens with zero attached hydrogens (tertiary/aromatic N) is 2. The molecule has 1 aliphatic rings. The number of nitrogen functional groups attached to an aromatic ring is 1. The zero-order valence-electron chi connectivity index (χ0n) is 12.1. The van der Waals surface area contributed by atoms with Gasteiger partial charge in [-0.3, -0.25) is 14.5 Å². The Balaban J connectivity index is 1.92. The van der Waals surface area contributed by atoms with Crippen LogP contribution in [0, 0.1) is 6.92 Å². The summed E-state index contributed by atoms with van der Waals surface area (Å²) in [5, 5.41) is 0. The standard InChI is InChI=1S/C15H21N3O2/c1-11-3-4-13(9-14(11)16)15(20)10-17-5-7-18(8-6-17)12(2)19/h3-4,9H,5-8,10,16H2,1-2H3. The number of Topliss-reactive ketones (excluding diaryl/α,β-unsaturated/α-hetero) is 1. The summed E-state index contributed by atoms with van der Waals surface area (Å²) >= 11 is 0. The molecule has 1 aromatic rings. The number of hydrogen-bond acceptors (Lipinski definition) is 4. The van der Waals surface area contributed by atoms with E-state index in [2.05, 4.69) is 4.90 Å². The predicted octanol–water partition coefficient (Wildman–Crippen LogP) is 0.924. The van der Waals surface area contributed by atoms with Gasteiger partial charge >= 0.3 is 0 Å². The molecule has 2 rings (SSSR count). The summed E-state index contributed by atoms with van der Waals surface area (Å²) in [6.45, 7) is 6.76. The maximum absolute atomic E-state index is 12.2. The van der Waals surface area contributed by atoms with Crippen LogP contribution >= 0.6 is 0 Å². The molecule has 20 heavy (non-hydrogen) atoms. The Morgan fingerprint density at radius 1 is 1.20 bits per heavy atom. The number of carbonyl (C=O) groups excluding carboxylic acids is 2. The van der Waals surface area contributed by atoms with Crippen LogP contribution < -0.4 is 5.73 Å². The van der Waals surface area contributed by atoms with Gasteiger partial charge in [-0.15, -0.1) is 0 Å². The molecule has 0 atom stereocenters. The van der Waals surface area contributed by atoms with Crippen LogP contribution in [-0.2, 0) is 4.79 Å². The van der Waals surface area contributed by atoms with Crippen LogP contribution in [0.25, 0.3) is 0 Å². The third kappa shape index (κ3) is 3.36. The average molecular weight is 275 g/mol. The largest absolute Gasteiger partial charge is 0.398 e. The molecule has 108 valence electrons. The molecule has 1 amide bonds. The van der Waals surface area contributed by atoms with Crippen molar-refractivity contribution in [3.05, 3.63) is 29.3 Å². The molecule has 0 radical (unpaired) electrons. The van der Waals surface area contributed by atoms with Gasteiger partial charge in [0.25, 0.3) is 0 Å². The van der Waals surface area contributed by atoms with Gasteiger partial charge in [0.1, 0.15) is 0 Å². The quantitative estimate of drug-likeness (QED) is 0.658. The maximum atomic E-state index is 12.2. The van der Waals surface area contributed by atoms with Gasteiger partial charge in [-0.05, 0) is 18.6 Å². The van der Waals surface area contributed by atoms with Crippen molar-refractivity contribution < 1.29 is 9.59 Å². The summed E-state index contributed by atoms with van der Waals surface area (Å²) in [4.78, 5) is 27.4.